The highest BCUT2D eigenvalue weighted by atomic mass is 79.9. The molecule has 150 valence electrons. The van der Waals surface area contributed by atoms with Crippen molar-refractivity contribution in [2.45, 2.75) is 5.16 Å². The van der Waals surface area contributed by atoms with E-state index in [1.54, 1.807) is 13.3 Å². The summed E-state index contributed by atoms with van der Waals surface area (Å²) in [4.78, 5) is 12.1. The van der Waals surface area contributed by atoms with E-state index in [1.165, 1.54) is 11.8 Å². The fraction of sp³-hybridized carbons (Fsp3) is 0.158. The molecule has 0 bridgehead atoms. The first-order chi connectivity index (χ1) is 14.0. The first-order valence-electron chi connectivity index (χ1n) is 8.41. The normalized spacial score (nSPS) is 11.0. The summed E-state index contributed by atoms with van der Waals surface area (Å²) in [5, 5.41) is 13.0. The molecule has 0 aliphatic heterocycles. The van der Waals surface area contributed by atoms with Crippen molar-refractivity contribution in [1.82, 2.24) is 20.2 Å². The van der Waals surface area contributed by atoms with Gasteiger partial charge in [0, 0.05) is 27.1 Å². The van der Waals surface area contributed by atoms with Crippen LogP contribution in [-0.4, -0.2) is 39.7 Å². The highest BCUT2D eigenvalue weighted by Crippen LogP contribution is 2.25. The Hall–Kier alpha value is -2.17. The van der Waals surface area contributed by atoms with E-state index in [9.17, 15) is 4.79 Å². The molecule has 1 amide bonds. The maximum absolute atomic E-state index is 12.1. The number of amides is 1. The van der Waals surface area contributed by atoms with Crippen molar-refractivity contribution >= 4 is 55.7 Å². The van der Waals surface area contributed by atoms with Crippen LogP contribution in [0.2, 0.25) is 0 Å². The Kier molecular flexibility index (Phi) is 7.45. The summed E-state index contributed by atoms with van der Waals surface area (Å²) in [5.41, 5.74) is 4.21. The minimum absolute atomic E-state index is 0.164. The fourth-order valence-electron chi connectivity index (χ4n) is 2.46. The molecule has 29 heavy (non-hydrogen) atoms. The molecule has 0 atom stereocenters. The van der Waals surface area contributed by atoms with Crippen molar-refractivity contribution in [2.75, 3.05) is 12.9 Å². The third kappa shape index (κ3) is 5.68. The zero-order valence-corrected chi connectivity index (χ0v) is 19.6. The number of carbonyl (C=O) groups is 1. The van der Waals surface area contributed by atoms with Gasteiger partial charge >= 0.3 is 0 Å². The minimum Gasteiger partial charge on any atom is -0.496 e. The maximum Gasteiger partial charge on any atom is 0.250 e. The standard InChI is InChI=1S/C19H17Br2N5O2S/c1-26-18(12-4-3-5-14(20)8-12)24-25-19(26)29-11-17(27)23-22-10-13-9-15(21)6-7-16(13)28-2/h3-10H,11H2,1-2H3,(H,23,27)/b22-10-. The predicted octanol–water partition coefficient (Wildman–Crippen LogP) is 4.26. The lowest BCUT2D eigenvalue weighted by Crippen LogP contribution is -2.20. The van der Waals surface area contributed by atoms with Crippen LogP contribution in [0.15, 0.2) is 61.7 Å². The molecule has 3 rings (SSSR count). The van der Waals surface area contributed by atoms with Gasteiger partial charge in [0.15, 0.2) is 11.0 Å². The maximum atomic E-state index is 12.1. The average molecular weight is 539 g/mol. The molecule has 1 heterocycles. The first kappa shape index (κ1) is 21.5. The highest BCUT2D eigenvalue weighted by molar-refractivity contribution is 9.10. The van der Waals surface area contributed by atoms with Gasteiger partial charge in [-0.15, -0.1) is 10.2 Å². The number of benzene rings is 2. The molecule has 0 spiro atoms. The van der Waals surface area contributed by atoms with E-state index in [-0.39, 0.29) is 11.7 Å². The number of thioether (sulfide) groups is 1. The van der Waals surface area contributed by atoms with E-state index in [0.717, 1.165) is 25.9 Å². The fourth-order valence-corrected chi connectivity index (χ4v) is 3.94. The van der Waals surface area contributed by atoms with Crippen molar-refractivity contribution in [3.05, 3.63) is 57.0 Å². The second kappa shape index (κ2) is 10.0. The van der Waals surface area contributed by atoms with Crippen molar-refractivity contribution in [2.24, 2.45) is 12.1 Å². The van der Waals surface area contributed by atoms with Crippen LogP contribution in [0.3, 0.4) is 0 Å². The van der Waals surface area contributed by atoms with Gasteiger partial charge in [-0.2, -0.15) is 5.10 Å². The summed E-state index contributed by atoms with van der Waals surface area (Å²) in [6.07, 6.45) is 1.54. The number of carbonyl (C=O) groups excluding carboxylic acids is 1. The molecule has 0 radical (unpaired) electrons. The Morgan fingerprint density at radius 2 is 2.03 bits per heavy atom. The lowest BCUT2D eigenvalue weighted by molar-refractivity contribution is -0.118. The molecule has 0 aliphatic rings. The van der Waals surface area contributed by atoms with Crippen LogP contribution in [0.4, 0.5) is 0 Å². The summed E-state index contributed by atoms with van der Waals surface area (Å²) < 4.78 is 8.99. The molecule has 0 saturated heterocycles. The quantitative estimate of drug-likeness (QED) is 0.276. The molecule has 1 N–H and O–H groups in total. The van der Waals surface area contributed by atoms with Gasteiger partial charge in [-0.05, 0) is 30.3 Å². The van der Waals surface area contributed by atoms with Gasteiger partial charge in [0.2, 0.25) is 0 Å². The van der Waals surface area contributed by atoms with Crippen molar-refractivity contribution in [3.63, 3.8) is 0 Å². The second-order valence-corrected chi connectivity index (χ2v) is 8.62. The third-order valence-electron chi connectivity index (χ3n) is 3.83. The number of methoxy groups -OCH3 is 1. The van der Waals surface area contributed by atoms with Crippen molar-refractivity contribution in [3.8, 4) is 17.1 Å². The number of rotatable bonds is 7. The molecule has 7 nitrogen and oxygen atoms in total. The van der Waals surface area contributed by atoms with Gasteiger partial charge in [0.1, 0.15) is 5.75 Å². The molecule has 0 unspecified atom stereocenters. The Morgan fingerprint density at radius 3 is 2.79 bits per heavy atom. The molecule has 1 aromatic heterocycles. The van der Waals surface area contributed by atoms with Crippen LogP contribution in [-0.2, 0) is 11.8 Å². The monoisotopic (exact) mass is 537 g/mol. The Balaban J connectivity index is 1.58. The largest absolute Gasteiger partial charge is 0.496 e. The van der Waals surface area contributed by atoms with Crippen molar-refractivity contribution in [1.29, 1.82) is 0 Å². The van der Waals surface area contributed by atoms with Crippen LogP contribution in [0, 0.1) is 0 Å². The lowest BCUT2D eigenvalue weighted by Gasteiger charge is -2.05. The van der Waals surface area contributed by atoms with Gasteiger partial charge in [-0.25, -0.2) is 5.43 Å². The smallest absolute Gasteiger partial charge is 0.250 e. The van der Waals surface area contributed by atoms with E-state index >= 15 is 0 Å². The lowest BCUT2D eigenvalue weighted by atomic mass is 10.2. The minimum atomic E-state index is -0.243. The van der Waals surface area contributed by atoms with E-state index in [1.807, 2.05) is 54.1 Å². The zero-order valence-electron chi connectivity index (χ0n) is 15.6. The highest BCUT2D eigenvalue weighted by Gasteiger charge is 2.13. The molecular formula is C19H17Br2N5O2S. The third-order valence-corrected chi connectivity index (χ3v) is 5.84. The van der Waals surface area contributed by atoms with Crippen molar-refractivity contribution < 1.29 is 9.53 Å². The number of halogens is 2. The van der Waals surface area contributed by atoms with E-state index < -0.39 is 0 Å². The van der Waals surface area contributed by atoms with Crippen LogP contribution >= 0.6 is 43.6 Å². The Morgan fingerprint density at radius 1 is 1.24 bits per heavy atom. The number of hydrogen-bond acceptors (Lipinski definition) is 6. The molecule has 3 aromatic rings. The molecule has 0 saturated carbocycles. The number of hydrazone groups is 1. The number of hydrogen-bond donors (Lipinski definition) is 1. The van der Waals surface area contributed by atoms with Crippen LogP contribution in [0.25, 0.3) is 11.4 Å². The number of nitrogens with zero attached hydrogens (tertiary/aromatic N) is 4. The van der Waals surface area contributed by atoms with Crippen LogP contribution in [0.5, 0.6) is 5.75 Å². The van der Waals surface area contributed by atoms with Gasteiger partial charge in [-0.3, -0.25) is 4.79 Å². The van der Waals surface area contributed by atoms with Gasteiger partial charge < -0.3 is 9.30 Å². The first-order valence-corrected chi connectivity index (χ1v) is 11.0. The summed E-state index contributed by atoms with van der Waals surface area (Å²) in [6, 6.07) is 13.4. The summed E-state index contributed by atoms with van der Waals surface area (Å²) in [7, 11) is 3.45. The van der Waals surface area contributed by atoms with Gasteiger partial charge in [-0.1, -0.05) is 55.8 Å². The molecule has 0 fully saturated rings. The molecular weight excluding hydrogens is 522 g/mol. The summed E-state index contributed by atoms with van der Waals surface area (Å²) in [5.74, 6) is 1.32. The summed E-state index contributed by atoms with van der Waals surface area (Å²) in [6.45, 7) is 0. The molecule has 0 aliphatic carbocycles. The predicted molar refractivity (Wildman–Crippen MR) is 121 cm³/mol. The number of ether oxygens (including phenoxy) is 1. The van der Waals surface area contributed by atoms with Crippen LogP contribution < -0.4 is 10.2 Å². The van der Waals surface area contributed by atoms with Gasteiger partial charge in [0.25, 0.3) is 5.91 Å². The van der Waals surface area contributed by atoms with Crippen LogP contribution in [0.1, 0.15) is 5.56 Å². The molecule has 2 aromatic carbocycles. The van der Waals surface area contributed by atoms with E-state index in [4.69, 9.17) is 4.74 Å². The van der Waals surface area contributed by atoms with Gasteiger partial charge in [0.05, 0.1) is 19.1 Å². The number of nitrogens with one attached hydrogen (secondary N) is 1. The summed E-state index contributed by atoms with van der Waals surface area (Å²) >= 11 is 8.15. The zero-order chi connectivity index (χ0) is 20.8. The molecule has 10 heteroatoms. The SMILES string of the molecule is COc1ccc(Br)cc1/C=N\NC(=O)CSc1nnc(-c2cccc(Br)c2)n1C. The second-order valence-electron chi connectivity index (χ2n) is 5.84. The van der Waals surface area contributed by atoms with E-state index in [2.05, 4.69) is 52.6 Å². The topological polar surface area (TPSA) is 81.4 Å². The Bertz CT molecular complexity index is 1050. The van der Waals surface area contributed by atoms with E-state index in [0.29, 0.717) is 10.9 Å². The Labute approximate surface area is 189 Å². The number of aromatic nitrogens is 3. The average Bonchev–Trinajstić information content (AvgIpc) is 3.07.